The first-order valence-corrected chi connectivity index (χ1v) is 9.65. The number of piperazine rings is 1. The molecule has 1 fully saturated rings. The van der Waals surface area contributed by atoms with E-state index in [0.29, 0.717) is 12.1 Å². The Morgan fingerprint density at radius 1 is 1.04 bits per heavy atom. The van der Waals surface area contributed by atoms with Crippen molar-refractivity contribution in [2.24, 2.45) is 0 Å². The molecule has 6 heteroatoms. The normalized spacial score (nSPS) is 15.2. The maximum absolute atomic E-state index is 12.4. The van der Waals surface area contributed by atoms with Gasteiger partial charge in [-0.2, -0.15) is 0 Å². The summed E-state index contributed by atoms with van der Waals surface area (Å²) in [5.74, 6) is -0.0173. The van der Waals surface area contributed by atoms with E-state index in [2.05, 4.69) is 21.2 Å². The number of benzene rings is 1. The highest BCUT2D eigenvalue weighted by Gasteiger charge is 2.17. The zero-order chi connectivity index (χ0) is 18.6. The smallest absolute Gasteiger partial charge is 0.252 e. The van der Waals surface area contributed by atoms with Gasteiger partial charge in [0.2, 0.25) is 0 Å². The summed E-state index contributed by atoms with van der Waals surface area (Å²) in [6, 6.07) is 15.8. The van der Waals surface area contributed by atoms with E-state index in [1.165, 1.54) is 5.69 Å². The molecule has 0 saturated carbocycles. The van der Waals surface area contributed by atoms with E-state index >= 15 is 0 Å². The third kappa shape index (κ3) is 4.26. The van der Waals surface area contributed by atoms with Crippen LogP contribution in [-0.4, -0.2) is 54.5 Å². The Morgan fingerprint density at radius 2 is 1.89 bits per heavy atom. The largest absolute Gasteiger partial charge is 0.369 e. The Hall–Kier alpha value is -2.50. The third-order valence-electron chi connectivity index (χ3n) is 5.03. The van der Waals surface area contributed by atoms with Gasteiger partial charge in [0.1, 0.15) is 0 Å². The lowest BCUT2D eigenvalue weighted by Crippen LogP contribution is -2.48. The predicted octanol–water partition coefficient (Wildman–Crippen LogP) is 3.14. The number of hydrogen-bond acceptors (Lipinski definition) is 3. The van der Waals surface area contributed by atoms with Crippen molar-refractivity contribution in [3.05, 3.63) is 71.5 Å². The van der Waals surface area contributed by atoms with E-state index in [0.717, 1.165) is 43.3 Å². The van der Waals surface area contributed by atoms with E-state index in [9.17, 15) is 4.79 Å². The van der Waals surface area contributed by atoms with Crippen LogP contribution in [0.5, 0.6) is 0 Å². The van der Waals surface area contributed by atoms with Crippen molar-refractivity contribution in [2.75, 3.05) is 44.2 Å². The van der Waals surface area contributed by atoms with Crippen LogP contribution in [0.1, 0.15) is 10.4 Å². The van der Waals surface area contributed by atoms with E-state index in [1.54, 1.807) is 0 Å². The molecule has 1 aliphatic heterocycles. The molecule has 3 heterocycles. The van der Waals surface area contributed by atoms with Gasteiger partial charge in [0.25, 0.3) is 5.91 Å². The Kier molecular flexibility index (Phi) is 5.32. The molecule has 140 valence electrons. The van der Waals surface area contributed by atoms with Crippen molar-refractivity contribution in [1.82, 2.24) is 14.6 Å². The van der Waals surface area contributed by atoms with E-state index in [-0.39, 0.29) is 5.91 Å². The van der Waals surface area contributed by atoms with E-state index < -0.39 is 0 Å². The molecule has 1 saturated heterocycles. The summed E-state index contributed by atoms with van der Waals surface area (Å²) in [5.41, 5.74) is 2.91. The van der Waals surface area contributed by atoms with Crippen molar-refractivity contribution >= 4 is 28.7 Å². The molecule has 2 aromatic heterocycles. The second-order valence-electron chi connectivity index (χ2n) is 6.83. The highest BCUT2D eigenvalue weighted by molar-refractivity contribution is 6.30. The molecular formula is C21H23ClN4O. The molecule has 27 heavy (non-hydrogen) atoms. The van der Waals surface area contributed by atoms with Gasteiger partial charge >= 0.3 is 0 Å². The molecule has 1 amide bonds. The van der Waals surface area contributed by atoms with Crippen molar-refractivity contribution in [3.8, 4) is 0 Å². The molecule has 0 aliphatic carbocycles. The Morgan fingerprint density at radius 3 is 2.67 bits per heavy atom. The molecule has 0 unspecified atom stereocenters. The molecule has 1 aliphatic rings. The number of pyridine rings is 1. The van der Waals surface area contributed by atoms with Crippen LogP contribution in [0.25, 0.3) is 5.52 Å². The summed E-state index contributed by atoms with van der Waals surface area (Å²) in [6.45, 7) is 5.43. The van der Waals surface area contributed by atoms with Gasteiger partial charge in [-0.15, -0.1) is 0 Å². The SMILES string of the molecule is O=C(NCCN1CCN(c2cccc(Cl)c2)CC1)c1cc2ccccn2c1. The minimum Gasteiger partial charge on any atom is -0.369 e. The molecular weight excluding hydrogens is 360 g/mol. The van der Waals surface area contributed by atoms with Crippen molar-refractivity contribution in [3.63, 3.8) is 0 Å². The lowest BCUT2D eigenvalue weighted by atomic mass is 10.2. The maximum atomic E-state index is 12.4. The Bertz CT molecular complexity index is 898. The van der Waals surface area contributed by atoms with Crippen LogP contribution in [0, 0.1) is 0 Å². The summed E-state index contributed by atoms with van der Waals surface area (Å²) in [5, 5.41) is 3.81. The zero-order valence-electron chi connectivity index (χ0n) is 15.1. The summed E-state index contributed by atoms with van der Waals surface area (Å²) >= 11 is 6.09. The lowest BCUT2D eigenvalue weighted by molar-refractivity contribution is 0.0948. The number of fused-ring (bicyclic) bond motifs is 1. The average molecular weight is 383 g/mol. The fourth-order valence-electron chi connectivity index (χ4n) is 3.51. The summed E-state index contributed by atoms with van der Waals surface area (Å²) < 4.78 is 1.96. The van der Waals surface area contributed by atoms with Gasteiger partial charge in [-0.3, -0.25) is 9.69 Å². The first kappa shape index (κ1) is 17.9. The van der Waals surface area contributed by atoms with Crippen molar-refractivity contribution in [2.45, 2.75) is 0 Å². The topological polar surface area (TPSA) is 40.0 Å². The van der Waals surface area contributed by atoms with Crippen LogP contribution in [0.4, 0.5) is 5.69 Å². The number of amides is 1. The van der Waals surface area contributed by atoms with Gasteiger partial charge < -0.3 is 14.6 Å². The summed E-state index contributed by atoms with van der Waals surface area (Å²) in [4.78, 5) is 17.1. The van der Waals surface area contributed by atoms with Crippen molar-refractivity contribution in [1.29, 1.82) is 0 Å². The number of carbonyl (C=O) groups excluding carboxylic acids is 1. The van der Waals surface area contributed by atoms with Gasteiger partial charge in [-0.05, 0) is 36.4 Å². The lowest BCUT2D eigenvalue weighted by Gasteiger charge is -2.36. The number of halogens is 1. The number of rotatable bonds is 5. The first-order chi connectivity index (χ1) is 13.2. The number of aromatic nitrogens is 1. The van der Waals surface area contributed by atoms with Crippen LogP contribution < -0.4 is 10.2 Å². The van der Waals surface area contributed by atoms with Crippen LogP contribution in [0.2, 0.25) is 5.02 Å². The van der Waals surface area contributed by atoms with Gasteiger partial charge in [0, 0.05) is 67.9 Å². The minimum atomic E-state index is -0.0173. The third-order valence-corrected chi connectivity index (χ3v) is 5.26. The number of nitrogens with zero attached hydrogens (tertiary/aromatic N) is 3. The molecule has 4 rings (SSSR count). The van der Waals surface area contributed by atoms with Gasteiger partial charge in [0.05, 0.1) is 5.56 Å². The van der Waals surface area contributed by atoms with E-state index in [4.69, 9.17) is 11.6 Å². The number of anilines is 1. The quantitative estimate of drug-likeness (QED) is 0.737. The van der Waals surface area contributed by atoms with Crippen LogP contribution in [0.3, 0.4) is 0 Å². The monoisotopic (exact) mass is 382 g/mol. The van der Waals surface area contributed by atoms with Crippen molar-refractivity contribution < 1.29 is 4.79 Å². The minimum absolute atomic E-state index is 0.0173. The van der Waals surface area contributed by atoms with Gasteiger partial charge in [0.15, 0.2) is 0 Å². The summed E-state index contributed by atoms with van der Waals surface area (Å²) in [6.07, 6.45) is 3.82. The molecule has 0 radical (unpaired) electrons. The molecule has 0 spiro atoms. The second-order valence-corrected chi connectivity index (χ2v) is 7.26. The van der Waals surface area contributed by atoms with Crippen LogP contribution in [-0.2, 0) is 0 Å². The number of hydrogen-bond donors (Lipinski definition) is 1. The van der Waals surface area contributed by atoms with Gasteiger partial charge in [-0.25, -0.2) is 0 Å². The molecule has 5 nitrogen and oxygen atoms in total. The number of carbonyl (C=O) groups is 1. The average Bonchev–Trinajstić information content (AvgIpc) is 3.13. The highest BCUT2D eigenvalue weighted by Crippen LogP contribution is 2.20. The molecule has 1 aromatic carbocycles. The van der Waals surface area contributed by atoms with Crippen LogP contribution >= 0.6 is 11.6 Å². The summed E-state index contributed by atoms with van der Waals surface area (Å²) in [7, 11) is 0. The highest BCUT2D eigenvalue weighted by atomic mass is 35.5. The Balaban J connectivity index is 1.23. The number of nitrogens with one attached hydrogen (secondary N) is 1. The maximum Gasteiger partial charge on any atom is 0.252 e. The standard InChI is InChI=1S/C21H23ClN4O/c22-18-4-3-6-20(15-18)25-12-10-24(11-13-25)9-7-23-21(27)17-14-19-5-1-2-8-26(19)16-17/h1-6,8,14-16H,7,9-13H2,(H,23,27). The molecule has 0 bridgehead atoms. The predicted molar refractivity (Wildman–Crippen MR) is 110 cm³/mol. The van der Waals surface area contributed by atoms with E-state index in [1.807, 2.05) is 59.3 Å². The van der Waals surface area contributed by atoms with Crippen LogP contribution in [0.15, 0.2) is 60.9 Å². The first-order valence-electron chi connectivity index (χ1n) is 9.27. The zero-order valence-corrected chi connectivity index (χ0v) is 15.9. The van der Waals surface area contributed by atoms with Gasteiger partial charge in [-0.1, -0.05) is 23.7 Å². The fourth-order valence-corrected chi connectivity index (χ4v) is 3.70. The molecule has 0 atom stereocenters. The molecule has 1 N–H and O–H groups in total. The molecule has 3 aromatic rings. The second kappa shape index (κ2) is 8.03. The Labute approximate surface area is 164 Å². The fraction of sp³-hybridized carbons (Fsp3) is 0.286.